The number of thiophene rings is 1. The van der Waals surface area contributed by atoms with E-state index in [1.54, 1.807) is 23.7 Å². The number of benzene rings is 2. The molecule has 0 spiro atoms. The lowest BCUT2D eigenvalue weighted by Gasteiger charge is -2.34. The first-order valence-corrected chi connectivity index (χ1v) is 26.0. The Hall–Kier alpha value is -6.80. The molecule has 8 heterocycles. The normalized spacial score (nSPS) is 21.0. The summed E-state index contributed by atoms with van der Waals surface area (Å²) in [5, 5.41) is 6.04. The summed E-state index contributed by atoms with van der Waals surface area (Å²) >= 11 is 1.72. The molecular formula is C53H59F2N9O8S. The van der Waals surface area contributed by atoms with Gasteiger partial charge in [-0.25, -0.2) is 28.3 Å². The van der Waals surface area contributed by atoms with Crippen molar-refractivity contribution in [2.45, 2.75) is 114 Å². The molecule has 4 aromatic heterocycles. The smallest absolute Gasteiger partial charge is 0.407 e. The zero-order valence-electron chi connectivity index (χ0n) is 41.2. The second-order valence-corrected chi connectivity index (χ2v) is 21.4. The van der Waals surface area contributed by atoms with Crippen LogP contribution in [0.1, 0.15) is 117 Å². The molecule has 1 aliphatic carbocycles. The zero-order valence-corrected chi connectivity index (χ0v) is 42.0. The maximum Gasteiger partial charge on any atom is 0.407 e. The number of rotatable bonds is 12. The summed E-state index contributed by atoms with van der Waals surface area (Å²) in [6.07, 6.45) is 8.69. The first-order chi connectivity index (χ1) is 35.3. The molecule has 0 bridgehead atoms. The highest BCUT2D eigenvalue weighted by molar-refractivity contribution is 7.12. The quantitative estimate of drug-likeness (QED) is 0.0916. The predicted molar refractivity (Wildman–Crippen MR) is 267 cm³/mol. The van der Waals surface area contributed by atoms with E-state index in [1.807, 2.05) is 29.2 Å². The van der Waals surface area contributed by atoms with E-state index in [0.29, 0.717) is 104 Å². The predicted octanol–water partition coefficient (Wildman–Crippen LogP) is 9.45. The van der Waals surface area contributed by atoms with Crippen molar-refractivity contribution < 1.29 is 46.9 Å². The van der Waals surface area contributed by atoms with E-state index in [-0.39, 0.29) is 17.9 Å². The number of alkyl halides is 1. The van der Waals surface area contributed by atoms with Crippen molar-refractivity contribution >= 4 is 46.2 Å². The van der Waals surface area contributed by atoms with E-state index in [2.05, 4.69) is 53.1 Å². The van der Waals surface area contributed by atoms with Crippen molar-refractivity contribution in [3.05, 3.63) is 88.1 Å². The number of H-pyrrole nitrogens is 2. The fraction of sp³-hybridized carbons (Fsp3) is 0.472. The molecule has 4 N–H and O–H groups in total. The number of nitrogens with zero attached hydrogens (tertiary/aromatic N) is 5. The number of ether oxygens (including phenoxy) is 4. The number of aromatic nitrogens is 5. The van der Waals surface area contributed by atoms with Gasteiger partial charge < -0.3 is 49.3 Å². The van der Waals surface area contributed by atoms with E-state index < -0.39 is 53.9 Å². The number of methoxy groups -OCH3 is 2. The molecule has 3 saturated heterocycles. The third kappa shape index (κ3) is 9.10. The first-order valence-electron chi connectivity index (χ1n) is 25.2. The highest BCUT2D eigenvalue weighted by atomic mass is 32.1. The minimum Gasteiger partial charge on any atom is -0.464 e. The van der Waals surface area contributed by atoms with Gasteiger partial charge >= 0.3 is 12.2 Å². The second kappa shape index (κ2) is 19.6. The van der Waals surface area contributed by atoms with Crippen molar-refractivity contribution in [2.75, 3.05) is 40.5 Å². The number of likely N-dealkylation sites (tertiary alicyclic amines) is 2. The monoisotopic (exact) mass is 1020 g/mol. The molecule has 4 amide bonds. The number of fused-ring (bicyclic) bond motifs is 5. The number of alkyl carbamates (subject to hydrolysis) is 2. The lowest BCUT2D eigenvalue weighted by atomic mass is 9.84. The number of carbonyl (C=O) groups excluding carboxylic acids is 4. The minimum atomic E-state index is -2.09. The van der Waals surface area contributed by atoms with E-state index >= 15 is 8.78 Å². The van der Waals surface area contributed by atoms with E-state index in [1.165, 1.54) is 43.2 Å². The second-order valence-electron chi connectivity index (χ2n) is 20.3. The maximum absolute atomic E-state index is 17.0. The highest BCUT2D eigenvalue weighted by Gasteiger charge is 2.44. The standard InChI is InChI=1S/C53H59F2N9O8S/c1-53(2,55)45(61-52(68)70-4)49(66)63-19-7-11-38(63)47-57-27-35(59-47)31-23-33(54)43-39-24-32-22-30(12-13-36(32)64(39)50(72-40(43)25-31)42-15-14-41(73-42)28-8-5-9-28)34-26-56-46(58-34)37-10-6-18-62(37)48(65)44(60-51(67)69-3)29-16-20-71-21-17-29/h12-15,22-29,37-38,44-45,50H,5-11,16-21H2,1-4H3,(H,56,58)(H,57,59)(H,60,67)(H,61,68)/t37-,38-,44-,45?,50?/m0/s1. The van der Waals surface area contributed by atoms with Crippen LogP contribution in [0.4, 0.5) is 18.4 Å². The van der Waals surface area contributed by atoms with Crippen LogP contribution >= 0.6 is 11.3 Å². The number of amides is 4. The highest BCUT2D eigenvalue weighted by Crippen LogP contribution is 2.50. The molecule has 4 aliphatic heterocycles. The molecule has 4 fully saturated rings. The van der Waals surface area contributed by atoms with Crippen LogP contribution < -0.4 is 15.4 Å². The molecule has 73 heavy (non-hydrogen) atoms. The summed E-state index contributed by atoms with van der Waals surface area (Å²) in [6, 6.07) is 12.6. The van der Waals surface area contributed by atoms with Crippen LogP contribution in [0.25, 0.3) is 44.7 Å². The number of imidazole rings is 2. The third-order valence-electron chi connectivity index (χ3n) is 15.4. The van der Waals surface area contributed by atoms with Crippen molar-refractivity contribution in [3.8, 4) is 39.5 Å². The van der Waals surface area contributed by atoms with Gasteiger partial charge in [-0.3, -0.25) is 14.2 Å². The molecule has 5 atom stereocenters. The Morgan fingerprint density at radius 3 is 2.07 bits per heavy atom. The Bertz CT molecular complexity index is 3080. The van der Waals surface area contributed by atoms with E-state index in [4.69, 9.17) is 19.2 Å². The number of nitrogens with one attached hydrogen (secondary N) is 4. The van der Waals surface area contributed by atoms with Crippen LogP contribution in [0.3, 0.4) is 0 Å². The molecule has 2 aromatic carbocycles. The Labute approximate surface area is 424 Å². The summed E-state index contributed by atoms with van der Waals surface area (Å²) in [6.45, 7) is 4.37. The third-order valence-corrected chi connectivity index (χ3v) is 16.7. The summed E-state index contributed by atoms with van der Waals surface area (Å²) in [4.78, 5) is 74.6. The summed E-state index contributed by atoms with van der Waals surface area (Å²) in [5.74, 6) is 0.642. The lowest BCUT2D eigenvalue weighted by Crippen LogP contribution is -2.56. The fourth-order valence-corrected chi connectivity index (χ4v) is 12.5. The van der Waals surface area contributed by atoms with Crippen LogP contribution in [0.2, 0.25) is 0 Å². The van der Waals surface area contributed by atoms with Crippen molar-refractivity contribution in [1.82, 2.24) is 44.9 Å². The average molecular weight is 1020 g/mol. The first kappa shape index (κ1) is 48.5. The van der Waals surface area contributed by atoms with Gasteiger partial charge in [-0.05, 0) is 120 Å². The molecule has 0 radical (unpaired) electrons. The van der Waals surface area contributed by atoms with Gasteiger partial charge in [-0.15, -0.1) is 11.3 Å². The van der Waals surface area contributed by atoms with Gasteiger partial charge in [0.2, 0.25) is 18.0 Å². The van der Waals surface area contributed by atoms with Crippen molar-refractivity contribution in [1.29, 1.82) is 0 Å². The van der Waals surface area contributed by atoms with Gasteiger partial charge in [-0.1, -0.05) is 12.5 Å². The summed E-state index contributed by atoms with van der Waals surface area (Å²) in [7, 11) is 2.44. The average Bonchev–Trinajstić information content (AvgIpc) is 4.24. The molecule has 6 aromatic rings. The number of hydrogen-bond acceptors (Lipinski definition) is 11. The maximum atomic E-state index is 17.0. The Kier molecular flexibility index (Phi) is 13.0. The minimum absolute atomic E-state index is 0.0820. The summed E-state index contributed by atoms with van der Waals surface area (Å²) in [5.41, 5.74) is 2.35. The number of aromatic amines is 2. The fourth-order valence-electron chi connectivity index (χ4n) is 11.3. The topological polar surface area (TPSA) is 198 Å². The molecule has 11 rings (SSSR count). The van der Waals surface area contributed by atoms with Crippen LogP contribution in [0.15, 0.2) is 60.9 Å². The number of halogens is 2. The molecule has 5 aliphatic rings. The van der Waals surface area contributed by atoms with Gasteiger partial charge in [0.1, 0.15) is 41.0 Å². The summed E-state index contributed by atoms with van der Waals surface area (Å²) < 4.78 is 56.5. The molecular weight excluding hydrogens is 961 g/mol. The van der Waals surface area contributed by atoms with Crippen LogP contribution in [-0.4, -0.2) is 117 Å². The number of carbonyl (C=O) groups is 4. The Balaban J connectivity index is 0.901. The molecule has 384 valence electrons. The van der Waals surface area contributed by atoms with Gasteiger partial charge in [0.05, 0.1) is 71.7 Å². The van der Waals surface area contributed by atoms with E-state index in [9.17, 15) is 19.2 Å². The van der Waals surface area contributed by atoms with Gasteiger partial charge in [-0.2, -0.15) is 0 Å². The van der Waals surface area contributed by atoms with Crippen molar-refractivity contribution in [3.63, 3.8) is 0 Å². The number of hydrogen-bond donors (Lipinski definition) is 4. The largest absolute Gasteiger partial charge is 0.464 e. The van der Waals surface area contributed by atoms with Gasteiger partial charge in [0, 0.05) is 47.7 Å². The van der Waals surface area contributed by atoms with Crippen LogP contribution in [0.5, 0.6) is 5.75 Å². The van der Waals surface area contributed by atoms with Gasteiger partial charge in [0.25, 0.3) is 0 Å². The molecule has 2 unspecified atom stereocenters. The SMILES string of the molecule is COC(=O)NC(C(=O)N1CCC[C@H]1c1ncc(-c2cc(F)c3c(c2)OC(c2ccc(C4CCC4)s2)n2c-3cc3cc(-c4cnc([C@@H]5CCCN5C(=O)[C@@H](NC(=O)OC)C5CCOCC5)[nH]4)ccc32)[nH]1)C(C)(C)F. The Morgan fingerprint density at radius 2 is 1.42 bits per heavy atom. The van der Waals surface area contributed by atoms with E-state index in [0.717, 1.165) is 53.4 Å². The zero-order chi connectivity index (χ0) is 50.7. The molecule has 1 saturated carbocycles. The van der Waals surface area contributed by atoms with Crippen LogP contribution in [-0.2, 0) is 23.8 Å². The Morgan fingerprint density at radius 1 is 0.781 bits per heavy atom. The van der Waals surface area contributed by atoms with Gasteiger partial charge in [0.15, 0.2) is 0 Å². The van der Waals surface area contributed by atoms with Crippen molar-refractivity contribution in [2.24, 2.45) is 5.92 Å². The molecule has 17 nitrogen and oxygen atoms in total. The van der Waals surface area contributed by atoms with Crippen LogP contribution in [0, 0.1) is 11.7 Å². The molecule has 20 heteroatoms. The lowest BCUT2D eigenvalue weighted by molar-refractivity contribution is -0.138.